The number of hydrogen-bond acceptors (Lipinski definition) is 2. The number of rotatable bonds is 4. The van der Waals surface area contributed by atoms with E-state index in [4.69, 9.17) is 4.74 Å². The molecule has 0 radical (unpaired) electrons. The molecule has 0 aromatic heterocycles. The molecular weight excluding hydrogens is 214 g/mol. The van der Waals surface area contributed by atoms with Crippen LogP contribution in [0.1, 0.15) is 30.9 Å². The van der Waals surface area contributed by atoms with Crippen molar-refractivity contribution in [1.29, 1.82) is 0 Å². The minimum Gasteiger partial charge on any atom is -0.496 e. The van der Waals surface area contributed by atoms with Gasteiger partial charge < -0.3 is 9.64 Å². The van der Waals surface area contributed by atoms with Gasteiger partial charge in [0.15, 0.2) is 0 Å². The maximum absolute atomic E-state index is 11.6. The van der Waals surface area contributed by atoms with Crippen molar-refractivity contribution in [2.75, 3.05) is 13.7 Å². The van der Waals surface area contributed by atoms with Crippen LogP contribution in [0.3, 0.4) is 0 Å². The predicted octanol–water partition coefficient (Wildman–Crippen LogP) is 2.38. The fraction of sp³-hybridized carbons (Fsp3) is 0.500. The smallest absolute Gasteiger partial charge is 0.222 e. The first-order chi connectivity index (χ1) is 8.24. The zero-order valence-electron chi connectivity index (χ0n) is 10.5. The molecule has 0 saturated carbocycles. The summed E-state index contributed by atoms with van der Waals surface area (Å²) >= 11 is 0. The predicted molar refractivity (Wildman–Crippen MR) is 67.0 cm³/mol. The molecule has 1 aliphatic rings. The molecule has 92 valence electrons. The summed E-state index contributed by atoms with van der Waals surface area (Å²) in [6.45, 7) is 3.67. The van der Waals surface area contributed by atoms with Gasteiger partial charge in [0.05, 0.1) is 7.11 Å². The number of nitrogens with zero attached hydrogens (tertiary/aromatic N) is 1. The van der Waals surface area contributed by atoms with Gasteiger partial charge in [-0.1, -0.05) is 19.1 Å². The van der Waals surface area contributed by atoms with Crippen molar-refractivity contribution in [2.45, 2.75) is 32.7 Å². The molecule has 0 bridgehead atoms. The number of benzene rings is 1. The van der Waals surface area contributed by atoms with E-state index < -0.39 is 0 Å². The lowest BCUT2D eigenvalue weighted by Crippen LogP contribution is -2.24. The molecular formula is C14H19NO2. The lowest BCUT2D eigenvalue weighted by molar-refractivity contribution is -0.128. The van der Waals surface area contributed by atoms with Crippen molar-refractivity contribution in [1.82, 2.24) is 4.90 Å². The Morgan fingerprint density at radius 3 is 2.82 bits per heavy atom. The molecule has 1 aromatic rings. The van der Waals surface area contributed by atoms with Gasteiger partial charge in [-0.05, 0) is 24.5 Å². The molecule has 0 unspecified atom stereocenters. The van der Waals surface area contributed by atoms with Gasteiger partial charge in [0, 0.05) is 25.1 Å². The monoisotopic (exact) mass is 233 g/mol. The van der Waals surface area contributed by atoms with E-state index in [0.717, 1.165) is 30.7 Å². The molecule has 1 fully saturated rings. The average molecular weight is 233 g/mol. The summed E-state index contributed by atoms with van der Waals surface area (Å²) in [5.41, 5.74) is 2.36. The Kier molecular flexibility index (Phi) is 3.67. The Bertz CT molecular complexity index is 415. The number of hydrogen-bond donors (Lipinski definition) is 0. The largest absolute Gasteiger partial charge is 0.496 e. The van der Waals surface area contributed by atoms with Crippen LogP contribution in [-0.2, 0) is 17.8 Å². The van der Waals surface area contributed by atoms with E-state index >= 15 is 0 Å². The van der Waals surface area contributed by atoms with Crippen LogP contribution in [0.15, 0.2) is 18.2 Å². The Morgan fingerprint density at radius 1 is 1.41 bits per heavy atom. The van der Waals surface area contributed by atoms with Gasteiger partial charge in [-0.3, -0.25) is 4.79 Å². The average Bonchev–Trinajstić information content (AvgIpc) is 2.75. The number of likely N-dealkylation sites (tertiary alicyclic amines) is 1. The zero-order chi connectivity index (χ0) is 12.3. The quantitative estimate of drug-likeness (QED) is 0.799. The molecule has 3 nitrogen and oxygen atoms in total. The number of carbonyl (C=O) groups is 1. The maximum atomic E-state index is 11.6. The third kappa shape index (κ3) is 2.60. The molecule has 0 aliphatic carbocycles. The van der Waals surface area contributed by atoms with Gasteiger partial charge >= 0.3 is 0 Å². The Balaban J connectivity index is 2.17. The molecule has 0 N–H and O–H groups in total. The van der Waals surface area contributed by atoms with Crippen LogP contribution in [0.4, 0.5) is 0 Å². The van der Waals surface area contributed by atoms with Crippen LogP contribution >= 0.6 is 0 Å². The molecule has 1 amide bonds. The minimum absolute atomic E-state index is 0.256. The maximum Gasteiger partial charge on any atom is 0.222 e. The molecule has 1 saturated heterocycles. The fourth-order valence-corrected chi connectivity index (χ4v) is 2.22. The summed E-state index contributed by atoms with van der Waals surface area (Å²) in [6.07, 6.45) is 2.67. The molecule has 3 heteroatoms. The lowest BCUT2D eigenvalue weighted by Gasteiger charge is -2.18. The number of amides is 1. The second-order valence-corrected chi connectivity index (χ2v) is 4.42. The van der Waals surface area contributed by atoms with Gasteiger partial charge in [0.2, 0.25) is 5.91 Å². The van der Waals surface area contributed by atoms with Gasteiger partial charge in [-0.15, -0.1) is 0 Å². The molecule has 0 atom stereocenters. The molecule has 1 aromatic carbocycles. The second kappa shape index (κ2) is 5.21. The topological polar surface area (TPSA) is 29.5 Å². The third-order valence-electron chi connectivity index (χ3n) is 3.29. The van der Waals surface area contributed by atoms with Crippen LogP contribution in [0.2, 0.25) is 0 Å². The van der Waals surface area contributed by atoms with E-state index in [1.807, 2.05) is 4.90 Å². The Labute approximate surface area is 102 Å². The fourth-order valence-electron chi connectivity index (χ4n) is 2.22. The van der Waals surface area contributed by atoms with E-state index in [1.165, 1.54) is 5.56 Å². The van der Waals surface area contributed by atoms with Crippen molar-refractivity contribution in [2.24, 2.45) is 0 Å². The third-order valence-corrected chi connectivity index (χ3v) is 3.29. The number of methoxy groups -OCH3 is 1. The molecule has 1 aliphatic heterocycles. The molecule has 1 heterocycles. The molecule has 0 spiro atoms. The van der Waals surface area contributed by atoms with Crippen LogP contribution in [-0.4, -0.2) is 24.5 Å². The summed E-state index contributed by atoms with van der Waals surface area (Å²) in [6, 6.07) is 6.25. The first kappa shape index (κ1) is 12.0. The van der Waals surface area contributed by atoms with Gasteiger partial charge in [0.25, 0.3) is 0 Å². The van der Waals surface area contributed by atoms with E-state index in [1.54, 1.807) is 7.11 Å². The minimum atomic E-state index is 0.256. The lowest BCUT2D eigenvalue weighted by atomic mass is 10.1. The highest BCUT2D eigenvalue weighted by molar-refractivity contribution is 5.78. The van der Waals surface area contributed by atoms with Crippen LogP contribution in [0, 0.1) is 0 Å². The Hall–Kier alpha value is -1.51. The summed E-state index contributed by atoms with van der Waals surface area (Å²) in [5.74, 6) is 1.15. The van der Waals surface area contributed by atoms with E-state index in [2.05, 4.69) is 25.1 Å². The Morgan fingerprint density at radius 2 is 2.24 bits per heavy atom. The van der Waals surface area contributed by atoms with Crippen molar-refractivity contribution in [3.8, 4) is 5.75 Å². The second-order valence-electron chi connectivity index (χ2n) is 4.42. The molecule has 17 heavy (non-hydrogen) atoms. The van der Waals surface area contributed by atoms with Crippen molar-refractivity contribution >= 4 is 5.91 Å². The number of carbonyl (C=O) groups excluding carboxylic acids is 1. The van der Waals surface area contributed by atoms with Crippen molar-refractivity contribution in [3.63, 3.8) is 0 Å². The first-order valence-corrected chi connectivity index (χ1v) is 6.18. The van der Waals surface area contributed by atoms with Gasteiger partial charge in [0.1, 0.15) is 5.75 Å². The SMILES string of the molecule is CCc1ccc(CN2CCCC2=O)c(OC)c1. The highest BCUT2D eigenvalue weighted by Gasteiger charge is 2.21. The first-order valence-electron chi connectivity index (χ1n) is 6.18. The van der Waals surface area contributed by atoms with Crippen molar-refractivity contribution < 1.29 is 9.53 Å². The highest BCUT2D eigenvalue weighted by atomic mass is 16.5. The van der Waals surface area contributed by atoms with E-state index in [9.17, 15) is 4.79 Å². The summed E-state index contributed by atoms with van der Waals surface area (Å²) in [4.78, 5) is 13.5. The van der Waals surface area contributed by atoms with Crippen molar-refractivity contribution in [3.05, 3.63) is 29.3 Å². The number of ether oxygens (including phenoxy) is 1. The summed E-state index contributed by atoms with van der Waals surface area (Å²) in [7, 11) is 1.68. The van der Waals surface area contributed by atoms with Gasteiger partial charge in [-0.25, -0.2) is 0 Å². The normalized spacial score (nSPS) is 15.4. The van der Waals surface area contributed by atoms with Crippen LogP contribution in [0.5, 0.6) is 5.75 Å². The standard InChI is InChI=1S/C14H19NO2/c1-3-11-6-7-12(13(9-11)17-2)10-15-8-4-5-14(15)16/h6-7,9H,3-5,8,10H2,1-2H3. The molecule has 2 rings (SSSR count). The van der Waals surface area contributed by atoms with Gasteiger partial charge in [-0.2, -0.15) is 0 Å². The zero-order valence-corrected chi connectivity index (χ0v) is 10.5. The number of aryl methyl sites for hydroxylation is 1. The summed E-state index contributed by atoms with van der Waals surface area (Å²) in [5, 5.41) is 0. The van der Waals surface area contributed by atoms with E-state index in [-0.39, 0.29) is 5.91 Å². The summed E-state index contributed by atoms with van der Waals surface area (Å²) < 4.78 is 5.40. The highest BCUT2D eigenvalue weighted by Crippen LogP contribution is 2.24. The van der Waals surface area contributed by atoms with Crippen LogP contribution < -0.4 is 4.74 Å². The van der Waals surface area contributed by atoms with E-state index in [0.29, 0.717) is 13.0 Å². The van der Waals surface area contributed by atoms with Crippen LogP contribution in [0.25, 0.3) is 0 Å².